The van der Waals surface area contributed by atoms with Crippen LogP contribution in [0.2, 0.25) is 0 Å². The first kappa shape index (κ1) is 24.2. The summed E-state index contributed by atoms with van der Waals surface area (Å²) in [5, 5.41) is 4.93. The fourth-order valence-corrected chi connectivity index (χ4v) is 4.21. The summed E-state index contributed by atoms with van der Waals surface area (Å²) < 4.78 is 38.8. The molecule has 7 nitrogen and oxygen atoms in total. The van der Waals surface area contributed by atoms with Crippen LogP contribution in [0.15, 0.2) is 72.9 Å². The lowest BCUT2D eigenvalue weighted by Gasteiger charge is -2.16. The minimum Gasteiger partial charge on any atom is -0.355 e. The summed E-state index contributed by atoms with van der Waals surface area (Å²) in [5.41, 5.74) is 1.49. The van der Waals surface area contributed by atoms with E-state index in [0.29, 0.717) is 27.8 Å². The molecule has 0 radical (unpaired) electrons. The second-order valence-electron chi connectivity index (χ2n) is 8.69. The van der Waals surface area contributed by atoms with E-state index in [1.165, 1.54) is 18.2 Å². The molecule has 188 valence electrons. The number of rotatable bonds is 5. The largest absolute Gasteiger partial charge is 0.416 e. The Morgan fingerprint density at radius 1 is 0.811 bits per heavy atom. The molecule has 1 saturated heterocycles. The molecular weight excluding hydrogens is 483 g/mol. The number of nitrogens with zero attached hydrogens (tertiary/aromatic N) is 3. The Labute approximate surface area is 210 Å². The Kier molecular flexibility index (Phi) is 6.47. The van der Waals surface area contributed by atoms with Crippen molar-refractivity contribution >= 4 is 40.0 Å². The lowest BCUT2D eigenvalue weighted by molar-refractivity contribution is -0.137. The number of anilines is 3. The number of carbonyl (C=O) groups is 2. The molecule has 1 fully saturated rings. The Morgan fingerprint density at radius 2 is 1.49 bits per heavy atom. The molecule has 0 bridgehead atoms. The van der Waals surface area contributed by atoms with Crippen molar-refractivity contribution in [3.05, 3.63) is 89.6 Å². The molecule has 4 aromatic rings. The Balaban J connectivity index is 1.31. The summed E-state index contributed by atoms with van der Waals surface area (Å²) in [6, 6.07) is 15.0. The molecule has 0 aliphatic carbocycles. The number of amides is 2. The van der Waals surface area contributed by atoms with Gasteiger partial charge in [0.05, 0.1) is 22.8 Å². The van der Waals surface area contributed by atoms with Crippen LogP contribution in [0, 0.1) is 0 Å². The number of alkyl halides is 3. The molecule has 10 heteroatoms. The molecule has 37 heavy (non-hydrogen) atoms. The van der Waals surface area contributed by atoms with Gasteiger partial charge < -0.3 is 15.5 Å². The van der Waals surface area contributed by atoms with E-state index in [4.69, 9.17) is 0 Å². The summed E-state index contributed by atoms with van der Waals surface area (Å²) in [4.78, 5) is 36.9. The molecule has 1 aromatic heterocycles. The average molecular weight is 506 g/mol. The zero-order valence-electron chi connectivity index (χ0n) is 19.5. The van der Waals surface area contributed by atoms with Crippen LogP contribution >= 0.6 is 0 Å². The Morgan fingerprint density at radius 3 is 2.22 bits per heavy atom. The molecule has 1 aliphatic heterocycles. The van der Waals surface area contributed by atoms with Gasteiger partial charge in [-0.05, 0) is 61.4 Å². The third kappa shape index (κ3) is 5.53. The van der Waals surface area contributed by atoms with Gasteiger partial charge >= 0.3 is 12.2 Å². The zero-order valence-corrected chi connectivity index (χ0v) is 19.5. The van der Waals surface area contributed by atoms with Crippen molar-refractivity contribution in [3.8, 4) is 0 Å². The van der Waals surface area contributed by atoms with Gasteiger partial charge in [-0.1, -0.05) is 18.2 Å². The summed E-state index contributed by atoms with van der Waals surface area (Å²) in [6.07, 6.45) is -0.553. The van der Waals surface area contributed by atoms with Crippen LogP contribution in [0.1, 0.15) is 34.3 Å². The van der Waals surface area contributed by atoms with Crippen molar-refractivity contribution in [3.63, 3.8) is 0 Å². The molecule has 0 saturated carbocycles. The fourth-order valence-electron chi connectivity index (χ4n) is 4.21. The van der Waals surface area contributed by atoms with Crippen molar-refractivity contribution < 1.29 is 22.8 Å². The molecule has 0 unspecified atom stereocenters. The quantitative estimate of drug-likeness (QED) is 0.319. The molecular formula is C27H22F3N5O2. The van der Waals surface area contributed by atoms with Crippen molar-refractivity contribution in [1.82, 2.24) is 9.97 Å². The summed E-state index contributed by atoms with van der Waals surface area (Å²) in [6.45, 7) is 1.86. The predicted octanol–water partition coefficient (Wildman–Crippen LogP) is 6.12. The number of hydrogen-bond donors (Lipinski definition) is 2. The third-order valence-electron chi connectivity index (χ3n) is 6.05. The lowest BCUT2D eigenvalue weighted by atomic mass is 10.0. The molecule has 2 N–H and O–H groups in total. The predicted molar refractivity (Wildman–Crippen MR) is 135 cm³/mol. The number of urea groups is 1. The van der Waals surface area contributed by atoms with Gasteiger partial charge in [0.1, 0.15) is 5.82 Å². The first-order chi connectivity index (χ1) is 17.8. The van der Waals surface area contributed by atoms with E-state index < -0.39 is 17.8 Å². The topological polar surface area (TPSA) is 87.2 Å². The number of carbonyl (C=O) groups excluding carboxylic acids is 2. The maximum Gasteiger partial charge on any atom is 0.416 e. The monoisotopic (exact) mass is 505 g/mol. The van der Waals surface area contributed by atoms with Crippen LogP contribution in [0.4, 0.5) is 35.2 Å². The third-order valence-corrected chi connectivity index (χ3v) is 6.05. The second-order valence-corrected chi connectivity index (χ2v) is 8.69. The van der Waals surface area contributed by atoms with Crippen LogP contribution in [-0.4, -0.2) is 34.9 Å². The van der Waals surface area contributed by atoms with Crippen LogP contribution in [0.3, 0.4) is 0 Å². The van der Waals surface area contributed by atoms with Gasteiger partial charge in [-0.2, -0.15) is 13.2 Å². The second kappa shape index (κ2) is 9.88. The number of hydrogen-bond acceptors (Lipinski definition) is 5. The molecule has 3 aromatic carbocycles. The molecule has 0 atom stereocenters. The van der Waals surface area contributed by atoms with E-state index in [-0.39, 0.29) is 11.5 Å². The molecule has 2 amide bonds. The number of nitrogens with one attached hydrogen (secondary N) is 2. The SMILES string of the molecule is O=C(Nc1cccc(C(=O)c2ccc3ncc(N4CCCC4)nc3c2)c1)Nc1cccc(C(F)(F)F)c1. The smallest absolute Gasteiger partial charge is 0.355 e. The zero-order chi connectivity index (χ0) is 26.0. The Hall–Kier alpha value is -4.47. The van der Waals surface area contributed by atoms with Gasteiger partial charge in [0, 0.05) is 35.6 Å². The van der Waals surface area contributed by atoms with Crippen LogP contribution < -0.4 is 15.5 Å². The molecule has 2 heterocycles. The first-order valence-electron chi connectivity index (χ1n) is 11.7. The number of fused-ring (bicyclic) bond motifs is 1. The standard InChI is InChI=1S/C27H22F3N5O2/c28-27(29,30)19-6-4-8-21(15-19)33-26(37)32-20-7-3-5-17(13-20)25(36)18-9-10-22-23(14-18)34-24(16-31-22)35-11-1-2-12-35/h3-10,13-16H,1-2,11-12H2,(H2,32,33,37). The highest BCUT2D eigenvalue weighted by Crippen LogP contribution is 2.30. The van der Waals surface area contributed by atoms with Crippen molar-refractivity contribution in [2.75, 3.05) is 28.6 Å². The maximum atomic E-state index is 13.2. The lowest BCUT2D eigenvalue weighted by Crippen LogP contribution is -2.20. The van der Waals surface area contributed by atoms with Gasteiger partial charge in [-0.25, -0.2) is 9.78 Å². The van der Waals surface area contributed by atoms with E-state index in [1.54, 1.807) is 42.6 Å². The van der Waals surface area contributed by atoms with Crippen LogP contribution in [0.5, 0.6) is 0 Å². The van der Waals surface area contributed by atoms with Crippen molar-refractivity contribution in [2.24, 2.45) is 0 Å². The van der Waals surface area contributed by atoms with E-state index >= 15 is 0 Å². The number of ketones is 1. The molecule has 1 aliphatic rings. The summed E-state index contributed by atoms with van der Waals surface area (Å²) in [7, 11) is 0. The van der Waals surface area contributed by atoms with Crippen LogP contribution in [0.25, 0.3) is 11.0 Å². The van der Waals surface area contributed by atoms with Gasteiger partial charge in [0.25, 0.3) is 0 Å². The van der Waals surface area contributed by atoms with E-state index in [2.05, 4.69) is 25.5 Å². The van der Waals surface area contributed by atoms with E-state index in [0.717, 1.165) is 43.9 Å². The molecule has 0 spiro atoms. The van der Waals surface area contributed by atoms with Gasteiger partial charge in [-0.3, -0.25) is 9.78 Å². The van der Waals surface area contributed by atoms with Gasteiger partial charge in [-0.15, -0.1) is 0 Å². The summed E-state index contributed by atoms with van der Waals surface area (Å²) >= 11 is 0. The highest BCUT2D eigenvalue weighted by atomic mass is 19.4. The first-order valence-corrected chi connectivity index (χ1v) is 11.7. The Bertz CT molecular complexity index is 1480. The van der Waals surface area contributed by atoms with Crippen molar-refractivity contribution in [2.45, 2.75) is 19.0 Å². The average Bonchev–Trinajstić information content (AvgIpc) is 3.42. The highest BCUT2D eigenvalue weighted by Gasteiger charge is 2.30. The fraction of sp³-hybridized carbons (Fsp3) is 0.185. The van der Waals surface area contributed by atoms with Crippen LogP contribution in [-0.2, 0) is 6.18 Å². The number of benzene rings is 3. The molecule has 5 rings (SSSR count). The number of aromatic nitrogens is 2. The minimum absolute atomic E-state index is 0.00914. The number of halogens is 3. The van der Waals surface area contributed by atoms with E-state index in [9.17, 15) is 22.8 Å². The highest BCUT2D eigenvalue weighted by molar-refractivity contribution is 6.11. The van der Waals surface area contributed by atoms with E-state index in [1.807, 2.05) is 0 Å². The summed E-state index contributed by atoms with van der Waals surface area (Å²) in [5.74, 6) is 0.518. The van der Waals surface area contributed by atoms with Gasteiger partial charge in [0.2, 0.25) is 0 Å². The normalized spacial score (nSPS) is 13.5. The maximum absolute atomic E-state index is 13.2. The minimum atomic E-state index is -4.52. The van der Waals surface area contributed by atoms with Crippen molar-refractivity contribution in [1.29, 1.82) is 0 Å². The van der Waals surface area contributed by atoms with Gasteiger partial charge in [0.15, 0.2) is 5.78 Å².